The Morgan fingerprint density at radius 2 is 2.14 bits per heavy atom. The van der Waals surface area contributed by atoms with E-state index in [0.717, 1.165) is 36.1 Å². The first-order valence-electron chi connectivity index (χ1n) is 7.73. The SMILES string of the molecule is CO[C@@H]1CN(c2cc(C)nc(C3CC3)n2)C[C@H]1c1cn[nH]n1. The Bertz CT molecular complexity index is 654. The van der Waals surface area contributed by atoms with Gasteiger partial charge in [-0.3, -0.25) is 0 Å². The molecule has 2 atom stereocenters. The summed E-state index contributed by atoms with van der Waals surface area (Å²) in [7, 11) is 1.75. The summed E-state index contributed by atoms with van der Waals surface area (Å²) in [6, 6.07) is 2.06. The van der Waals surface area contributed by atoms with Gasteiger partial charge in [0, 0.05) is 37.9 Å². The van der Waals surface area contributed by atoms with Crippen LogP contribution in [-0.2, 0) is 4.74 Å². The van der Waals surface area contributed by atoms with Crippen molar-refractivity contribution in [3.8, 4) is 0 Å². The van der Waals surface area contributed by atoms with Crippen LogP contribution >= 0.6 is 0 Å². The maximum atomic E-state index is 5.65. The second-order valence-electron chi connectivity index (χ2n) is 6.18. The first-order valence-corrected chi connectivity index (χ1v) is 7.73. The monoisotopic (exact) mass is 300 g/mol. The van der Waals surface area contributed by atoms with Crippen LogP contribution in [0.4, 0.5) is 5.82 Å². The second-order valence-corrected chi connectivity index (χ2v) is 6.18. The Kier molecular flexibility index (Phi) is 3.29. The van der Waals surface area contributed by atoms with E-state index in [-0.39, 0.29) is 12.0 Å². The molecule has 3 heterocycles. The van der Waals surface area contributed by atoms with Crippen molar-refractivity contribution in [2.24, 2.45) is 0 Å². The van der Waals surface area contributed by atoms with Crippen molar-refractivity contribution in [3.63, 3.8) is 0 Å². The molecule has 7 nitrogen and oxygen atoms in total. The number of aromatic nitrogens is 5. The van der Waals surface area contributed by atoms with Crippen LogP contribution in [0.3, 0.4) is 0 Å². The zero-order valence-electron chi connectivity index (χ0n) is 12.9. The highest BCUT2D eigenvalue weighted by atomic mass is 16.5. The summed E-state index contributed by atoms with van der Waals surface area (Å²) in [4.78, 5) is 11.6. The molecule has 22 heavy (non-hydrogen) atoms. The number of nitrogens with one attached hydrogen (secondary N) is 1. The highest BCUT2D eigenvalue weighted by Gasteiger charge is 2.37. The molecule has 116 valence electrons. The maximum Gasteiger partial charge on any atom is 0.134 e. The van der Waals surface area contributed by atoms with E-state index >= 15 is 0 Å². The molecule has 2 aliphatic rings. The maximum absolute atomic E-state index is 5.65. The van der Waals surface area contributed by atoms with Crippen molar-refractivity contribution in [2.45, 2.75) is 37.7 Å². The van der Waals surface area contributed by atoms with Gasteiger partial charge in [0.15, 0.2) is 0 Å². The van der Waals surface area contributed by atoms with Gasteiger partial charge in [0.25, 0.3) is 0 Å². The van der Waals surface area contributed by atoms with Gasteiger partial charge in [-0.15, -0.1) is 0 Å². The molecule has 4 rings (SSSR count). The van der Waals surface area contributed by atoms with Crippen LogP contribution in [0.25, 0.3) is 0 Å². The quantitative estimate of drug-likeness (QED) is 0.919. The van der Waals surface area contributed by atoms with E-state index in [1.165, 1.54) is 12.8 Å². The molecule has 2 fully saturated rings. The van der Waals surface area contributed by atoms with Gasteiger partial charge in [-0.1, -0.05) is 0 Å². The molecule has 2 aromatic heterocycles. The first-order chi connectivity index (χ1) is 10.7. The Labute approximate surface area is 129 Å². The summed E-state index contributed by atoms with van der Waals surface area (Å²) in [5, 5.41) is 10.8. The van der Waals surface area contributed by atoms with Crippen LogP contribution in [0, 0.1) is 6.92 Å². The average Bonchev–Trinajstić information content (AvgIpc) is 3.07. The predicted octanol–water partition coefficient (Wildman–Crippen LogP) is 1.40. The van der Waals surface area contributed by atoms with Gasteiger partial charge >= 0.3 is 0 Å². The first kappa shape index (κ1) is 13.6. The van der Waals surface area contributed by atoms with Crippen molar-refractivity contribution >= 4 is 5.82 Å². The number of hydrogen-bond donors (Lipinski definition) is 1. The van der Waals surface area contributed by atoms with Gasteiger partial charge < -0.3 is 9.64 Å². The lowest BCUT2D eigenvalue weighted by atomic mass is 10.0. The molecule has 7 heteroatoms. The smallest absolute Gasteiger partial charge is 0.134 e. The predicted molar refractivity (Wildman–Crippen MR) is 80.9 cm³/mol. The lowest BCUT2D eigenvalue weighted by Crippen LogP contribution is -2.23. The van der Waals surface area contributed by atoms with E-state index in [1.54, 1.807) is 13.3 Å². The Balaban J connectivity index is 1.61. The lowest BCUT2D eigenvalue weighted by Gasteiger charge is -2.18. The number of anilines is 1. The molecule has 1 saturated heterocycles. The topological polar surface area (TPSA) is 79.8 Å². The number of rotatable bonds is 4. The molecule has 2 aromatic rings. The van der Waals surface area contributed by atoms with Crippen LogP contribution in [0.1, 0.15) is 41.9 Å². The number of methoxy groups -OCH3 is 1. The van der Waals surface area contributed by atoms with E-state index < -0.39 is 0 Å². The minimum Gasteiger partial charge on any atom is -0.379 e. The largest absolute Gasteiger partial charge is 0.379 e. The average molecular weight is 300 g/mol. The highest BCUT2D eigenvalue weighted by molar-refractivity contribution is 5.43. The molecule has 1 aliphatic carbocycles. The molecule has 0 amide bonds. The third-order valence-electron chi connectivity index (χ3n) is 4.51. The van der Waals surface area contributed by atoms with Gasteiger partial charge in [0.1, 0.15) is 11.6 Å². The third kappa shape index (κ3) is 2.45. The fraction of sp³-hybridized carbons (Fsp3) is 0.600. The van der Waals surface area contributed by atoms with E-state index in [0.29, 0.717) is 5.92 Å². The number of aryl methyl sites for hydroxylation is 1. The zero-order chi connectivity index (χ0) is 15.1. The fourth-order valence-corrected chi connectivity index (χ4v) is 3.13. The summed E-state index contributed by atoms with van der Waals surface area (Å²) in [6.07, 6.45) is 4.31. The molecule has 1 N–H and O–H groups in total. The number of hydrogen-bond acceptors (Lipinski definition) is 6. The van der Waals surface area contributed by atoms with Gasteiger partial charge in [-0.25, -0.2) is 9.97 Å². The van der Waals surface area contributed by atoms with E-state index in [9.17, 15) is 0 Å². The van der Waals surface area contributed by atoms with E-state index in [4.69, 9.17) is 9.72 Å². The standard InChI is InChI=1S/C15H20N6O/c1-9-5-14(18-15(17-9)10-3-4-10)21-7-11(13(8-21)22-2)12-6-16-20-19-12/h5-6,10-11,13H,3-4,7-8H2,1-2H3,(H,16,19,20)/t11-,13+/m0/s1. The third-order valence-corrected chi connectivity index (χ3v) is 4.51. The van der Waals surface area contributed by atoms with Crippen molar-refractivity contribution in [3.05, 3.63) is 29.5 Å². The Morgan fingerprint density at radius 3 is 2.82 bits per heavy atom. The number of nitrogens with zero attached hydrogens (tertiary/aromatic N) is 5. The molecule has 1 aliphatic heterocycles. The van der Waals surface area contributed by atoms with Gasteiger partial charge in [0.2, 0.25) is 0 Å². The molecule has 0 radical (unpaired) electrons. The molecule has 0 bridgehead atoms. The Morgan fingerprint density at radius 1 is 1.27 bits per heavy atom. The van der Waals surface area contributed by atoms with Crippen LogP contribution in [0.2, 0.25) is 0 Å². The summed E-state index contributed by atoms with van der Waals surface area (Å²) < 4.78 is 5.65. The second kappa shape index (κ2) is 5.31. The van der Waals surface area contributed by atoms with E-state index in [2.05, 4.69) is 31.4 Å². The summed E-state index contributed by atoms with van der Waals surface area (Å²) in [5.41, 5.74) is 1.98. The van der Waals surface area contributed by atoms with Crippen LogP contribution < -0.4 is 4.90 Å². The molecule has 0 aromatic carbocycles. The molecule has 1 saturated carbocycles. The van der Waals surface area contributed by atoms with E-state index in [1.807, 2.05) is 6.92 Å². The minimum atomic E-state index is 0.102. The summed E-state index contributed by atoms with van der Waals surface area (Å²) >= 11 is 0. The van der Waals surface area contributed by atoms with Crippen LogP contribution in [-0.4, -0.2) is 51.7 Å². The molecule has 0 unspecified atom stereocenters. The lowest BCUT2D eigenvalue weighted by molar-refractivity contribution is 0.105. The molecular formula is C15H20N6O. The Hall–Kier alpha value is -2.02. The van der Waals surface area contributed by atoms with Crippen molar-refractivity contribution in [2.75, 3.05) is 25.1 Å². The number of H-pyrrole nitrogens is 1. The van der Waals surface area contributed by atoms with Crippen molar-refractivity contribution in [1.29, 1.82) is 0 Å². The number of ether oxygens (including phenoxy) is 1. The van der Waals surface area contributed by atoms with Crippen molar-refractivity contribution < 1.29 is 4.74 Å². The minimum absolute atomic E-state index is 0.102. The summed E-state index contributed by atoms with van der Waals surface area (Å²) in [5.74, 6) is 2.77. The normalized spacial score (nSPS) is 24.9. The highest BCUT2D eigenvalue weighted by Crippen LogP contribution is 2.39. The van der Waals surface area contributed by atoms with Gasteiger partial charge in [-0.2, -0.15) is 15.4 Å². The summed E-state index contributed by atoms with van der Waals surface area (Å²) in [6.45, 7) is 3.69. The van der Waals surface area contributed by atoms with Crippen molar-refractivity contribution in [1.82, 2.24) is 25.4 Å². The zero-order valence-corrected chi connectivity index (χ0v) is 12.9. The molecular weight excluding hydrogens is 280 g/mol. The van der Waals surface area contributed by atoms with Crippen LogP contribution in [0.5, 0.6) is 0 Å². The fourth-order valence-electron chi connectivity index (χ4n) is 3.13. The van der Waals surface area contributed by atoms with Gasteiger partial charge in [-0.05, 0) is 19.8 Å². The van der Waals surface area contributed by atoms with Crippen LogP contribution in [0.15, 0.2) is 12.3 Å². The molecule has 0 spiro atoms. The number of aromatic amines is 1. The van der Waals surface area contributed by atoms with Gasteiger partial charge in [0.05, 0.1) is 23.9 Å².